The highest BCUT2D eigenvalue weighted by Gasteiger charge is 2.17. The Labute approximate surface area is 106 Å². The summed E-state index contributed by atoms with van der Waals surface area (Å²) in [6.07, 6.45) is 2.63. The monoisotopic (exact) mass is 244 g/mol. The van der Waals surface area contributed by atoms with Gasteiger partial charge in [-0.25, -0.2) is 0 Å². The van der Waals surface area contributed by atoms with Gasteiger partial charge in [0.25, 0.3) is 0 Å². The van der Waals surface area contributed by atoms with E-state index >= 15 is 0 Å². The normalized spacial score (nSPS) is 22.9. The van der Waals surface area contributed by atoms with E-state index in [-0.39, 0.29) is 0 Å². The van der Waals surface area contributed by atoms with E-state index in [0.29, 0.717) is 0 Å². The minimum absolute atomic E-state index is 0.774. The van der Waals surface area contributed by atoms with Crippen LogP contribution in [0.4, 0.5) is 0 Å². The van der Waals surface area contributed by atoms with Crippen molar-refractivity contribution in [2.24, 2.45) is 5.92 Å². The van der Waals surface area contributed by atoms with Crippen molar-refractivity contribution < 1.29 is 0 Å². The molecule has 0 radical (unpaired) electrons. The molecule has 2 nitrogen and oxygen atoms in total. The summed E-state index contributed by atoms with van der Waals surface area (Å²) in [6, 6.07) is 0. The molecule has 1 saturated heterocycles. The standard InChI is InChI=1S/C13H28N2S/c1-4-13-11-15(8-9-16-13)7-5-6-14-10-12(2)3/h12-14H,4-11H2,1-3H3. The van der Waals surface area contributed by atoms with Gasteiger partial charge in [0.15, 0.2) is 0 Å². The molecule has 1 atom stereocenters. The van der Waals surface area contributed by atoms with E-state index in [0.717, 1.165) is 17.7 Å². The maximum atomic E-state index is 3.52. The van der Waals surface area contributed by atoms with Crippen LogP contribution >= 0.6 is 11.8 Å². The van der Waals surface area contributed by atoms with Crippen LogP contribution in [-0.4, -0.2) is 48.6 Å². The highest BCUT2D eigenvalue weighted by atomic mass is 32.2. The second kappa shape index (κ2) is 8.37. The molecule has 0 aromatic carbocycles. The van der Waals surface area contributed by atoms with Crippen molar-refractivity contribution in [2.45, 2.75) is 38.9 Å². The van der Waals surface area contributed by atoms with Crippen molar-refractivity contribution in [2.75, 3.05) is 38.5 Å². The summed E-state index contributed by atoms with van der Waals surface area (Å²) in [5.41, 5.74) is 0. The highest BCUT2D eigenvalue weighted by Crippen LogP contribution is 2.20. The van der Waals surface area contributed by atoms with Crippen LogP contribution < -0.4 is 5.32 Å². The quantitative estimate of drug-likeness (QED) is 0.693. The zero-order valence-corrected chi connectivity index (χ0v) is 12.0. The van der Waals surface area contributed by atoms with Crippen LogP contribution in [0.3, 0.4) is 0 Å². The molecule has 0 aromatic rings. The van der Waals surface area contributed by atoms with E-state index in [4.69, 9.17) is 0 Å². The molecular formula is C13H28N2S. The molecule has 1 rings (SSSR count). The molecule has 0 amide bonds. The molecular weight excluding hydrogens is 216 g/mol. The fraction of sp³-hybridized carbons (Fsp3) is 1.00. The third-order valence-electron chi connectivity index (χ3n) is 3.06. The van der Waals surface area contributed by atoms with Gasteiger partial charge in [-0.3, -0.25) is 0 Å². The molecule has 0 saturated carbocycles. The highest BCUT2D eigenvalue weighted by molar-refractivity contribution is 8.00. The van der Waals surface area contributed by atoms with Gasteiger partial charge >= 0.3 is 0 Å². The average Bonchev–Trinajstić information content (AvgIpc) is 2.28. The van der Waals surface area contributed by atoms with Gasteiger partial charge < -0.3 is 10.2 Å². The Bertz CT molecular complexity index is 173. The summed E-state index contributed by atoms with van der Waals surface area (Å²) in [5.74, 6) is 2.11. The van der Waals surface area contributed by atoms with Crippen LogP contribution in [0.25, 0.3) is 0 Å². The SMILES string of the molecule is CCC1CN(CCCNCC(C)C)CCS1. The minimum atomic E-state index is 0.774. The predicted octanol–water partition coefficient (Wildman–Crippen LogP) is 2.45. The largest absolute Gasteiger partial charge is 0.316 e. The molecule has 0 aromatic heterocycles. The minimum Gasteiger partial charge on any atom is -0.316 e. The fourth-order valence-corrected chi connectivity index (χ4v) is 3.30. The fourth-order valence-electron chi connectivity index (χ4n) is 2.05. The van der Waals surface area contributed by atoms with Crippen LogP contribution in [0.5, 0.6) is 0 Å². The van der Waals surface area contributed by atoms with Gasteiger partial charge in [0.05, 0.1) is 0 Å². The van der Waals surface area contributed by atoms with Gasteiger partial charge in [-0.2, -0.15) is 11.8 Å². The Morgan fingerprint density at radius 3 is 2.94 bits per heavy atom. The van der Waals surface area contributed by atoms with Crippen molar-refractivity contribution in [1.29, 1.82) is 0 Å². The molecule has 1 aliphatic rings. The van der Waals surface area contributed by atoms with Gasteiger partial charge in [-0.05, 0) is 38.4 Å². The molecule has 0 aliphatic carbocycles. The Hall–Kier alpha value is 0.270. The average molecular weight is 244 g/mol. The number of hydrogen-bond donors (Lipinski definition) is 1. The van der Waals surface area contributed by atoms with E-state index in [1.54, 1.807) is 0 Å². The first-order valence-corrected chi connectivity index (χ1v) is 7.82. The zero-order chi connectivity index (χ0) is 11.8. The molecule has 1 unspecified atom stereocenters. The molecule has 3 heteroatoms. The van der Waals surface area contributed by atoms with Crippen molar-refractivity contribution in [1.82, 2.24) is 10.2 Å². The lowest BCUT2D eigenvalue weighted by molar-refractivity contribution is 0.276. The number of hydrogen-bond acceptors (Lipinski definition) is 3. The zero-order valence-electron chi connectivity index (χ0n) is 11.2. The maximum Gasteiger partial charge on any atom is 0.0172 e. The van der Waals surface area contributed by atoms with E-state index in [1.165, 1.54) is 44.8 Å². The van der Waals surface area contributed by atoms with Crippen molar-refractivity contribution in [3.63, 3.8) is 0 Å². The second-order valence-electron chi connectivity index (χ2n) is 5.15. The molecule has 1 N–H and O–H groups in total. The molecule has 0 bridgehead atoms. The predicted molar refractivity (Wildman–Crippen MR) is 75.3 cm³/mol. The number of nitrogens with zero attached hydrogens (tertiary/aromatic N) is 1. The van der Waals surface area contributed by atoms with Gasteiger partial charge in [-0.1, -0.05) is 20.8 Å². The van der Waals surface area contributed by atoms with Crippen LogP contribution in [0.1, 0.15) is 33.6 Å². The van der Waals surface area contributed by atoms with Crippen molar-refractivity contribution in [3.8, 4) is 0 Å². The molecule has 16 heavy (non-hydrogen) atoms. The van der Waals surface area contributed by atoms with E-state index in [9.17, 15) is 0 Å². The third kappa shape index (κ3) is 6.12. The van der Waals surface area contributed by atoms with Crippen molar-refractivity contribution in [3.05, 3.63) is 0 Å². The van der Waals surface area contributed by atoms with E-state index < -0.39 is 0 Å². The molecule has 1 fully saturated rings. The van der Waals surface area contributed by atoms with Crippen LogP contribution in [0.15, 0.2) is 0 Å². The molecule has 1 aliphatic heterocycles. The Balaban J connectivity index is 1.99. The lowest BCUT2D eigenvalue weighted by atomic mass is 10.2. The molecule has 96 valence electrons. The summed E-state index contributed by atoms with van der Waals surface area (Å²) in [7, 11) is 0. The number of nitrogens with one attached hydrogen (secondary N) is 1. The first-order chi connectivity index (χ1) is 7.72. The van der Waals surface area contributed by atoms with E-state index in [2.05, 4.69) is 42.7 Å². The van der Waals surface area contributed by atoms with Crippen LogP contribution in [0.2, 0.25) is 0 Å². The van der Waals surface area contributed by atoms with Crippen molar-refractivity contribution >= 4 is 11.8 Å². The lowest BCUT2D eigenvalue weighted by Crippen LogP contribution is -2.39. The summed E-state index contributed by atoms with van der Waals surface area (Å²) in [6.45, 7) is 13.1. The van der Waals surface area contributed by atoms with Gasteiger partial charge in [0.2, 0.25) is 0 Å². The lowest BCUT2D eigenvalue weighted by Gasteiger charge is -2.31. The number of rotatable bonds is 7. The Morgan fingerprint density at radius 1 is 1.44 bits per heavy atom. The first kappa shape index (κ1) is 14.3. The Morgan fingerprint density at radius 2 is 2.25 bits per heavy atom. The first-order valence-electron chi connectivity index (χ1n) is 6.77. The molecule has 0 spiro atoms. The Kier molecular flexibility index (Phi) is 7.50. The summed E-state index contributed by atoms with van der Waals surface area (Å²) in [4.78, 5) is 2.64. The maximum absolute atomic E-state index is 3.52. The van der Waals surface area contributed by atoms with Gasteiger partial charge in [-0.15, -0.1) is 0 Å². The third-order valence-corrected chi connectivity index (χ3v) is 4.43. The van der Waals surface area contributed by atoms with E-state index in [1.807, 2.05) is 0 Å². The summed E-state index contributed by atoms with van der Waals surface area (Å²) >= 11 is 2.16. The van der Waals surface area contributed by atoms with Crippen LogP contribution in [0, 0.1) is 5.92 Å². The topological polar surface area (TPSA) is 15.3 Å². The molecule has 1 heterocycles. The van der Waals surface area contributed by atoms with Gasteiger partial charge in [0, 0.05) is 24.1 Å². The number of thioether (sulfide) groups is 1. The summed E-state index contributed by atoms with van der Waals surface area (Å²) < 4.78 is 0. The summed E-state index contributed by atoms with van der Waals surface area (Å²) in [5, 5.41) is 4.40. The smallest absolute Gasteiger partial charge is 0.0172 e. The second-order valence-corrected chi connectivity index (χ2v) is 6.56. The van der Waals surface area contributed by atoms with Gasteiger partial charge in [0.1, 0.15) is 0 Å². The van der Waals surface area contributed by atoms with Crippen LogP contribution in [-0.2, 0) is 0 Å².